The van der Waals surface area contributed by atoms with E-state index in [0.717, 1.165) is 35.9 Å². The van der Waals surface area contributed by atoms with Crippen LogP contribution in [0.1, 0.15) is 61.5 Å². The fourth-order valence-electron chi connectivity index (χ4n) is 4.79. The van der Waals surface area contributed by atoms with Gasteiger partial charge in [-0.05, 0) is 85.5 Å². The first-order valence-corrected chi connectivity index (χ1v) is 13.0. The highest BCUT2D eigenvalue weighted by Crippen LogP contribution is 2.32. The molecule has 0 saturated carbocycles. The molecule has 5 rings (SSSR count). The Morgan fingerprint density at radius 2 is 2.14 bits per heavy atom. The van der Waals surface area contributed by atoms with Crippen molar-refractivity contribution in [1.82, 2.24) is 30.1 Å². The van der Waals surface area contributed by atoms with Crippen LogP contribution in [0.3, 0.4) is 0 Å². The number of H-pyrrole nitrogens is 1. The van der Waals surface area contributed by atoms with Crippen LogP contribution in [0.25, 0.3) is 10.9 Å². The molecule has 35 heavy (non-hydrogen) atoms. The van der Waals surface area contributed by atoms with Crippen molar-refractivity contribution in [3.63, 3.8) is 0 Å². The van der Waals surface area contributed by atoms with Crippen LogP contribution in [-0.4, -0.2) is 49.3 Å². The van der Waals surface area contributed by atoms with Gasteiger partial charge in [-0.1, -0.05) is 18.2 Å². The van der Waals surface area contributed by atoms with E-state index in [9.17, 15) is 4.79 Å². The summed E-state index contributed by atoms with van der Waals surface area (Å²) in [6, 6.07) is 11.9. The average molecular weight is 493 g/mol. The van der Waals surface area contributed by atoms with Crippen molar-refractivity contribution >= 4 is 22.2 Å². The Kier molecular flexibility index (Phi) is 6.57. The number of fused-ring (bicyclic) bond motifs is 1. The largest absolute Gasteiger partial charge is 0.377 e. The van der Waals surface area contributed by atoms with Crippen molar-refractivity contribution < 1.29 is 4.74 Å². The summed E-state index contributed by atoms with van der Waals surface area (Å²) in [4.78, 5) is 20.2. The summed E-state index contributed by atoms with van der Waals surface area (Å²) >= 11 is 1.71. The smallest absolute Gasteiger partial charge is 0.253 e. The van der Waals surface area contributed by atoms with Gasteiger partial charge < -0.3 is 9.72 Å². The number of aryl methyl sites for hydroxylation is 1. The first-order chi connectivity index (χ1) is 16.8. The topological polar surface area (TPSA) is 88.9 Å². The van der Waals surface area contributed by atoms with Gasteiger partial charge >= 0.3 is 0 Å². The van der Waals surface area contributed by atoms with Gasteiger partial charge in [0.2, 0.25) is 0 Å². The van der Waals surface area contributed by atoms with Crippen LogP contribution in [0.4, 0.5) is 0 Å². The Labute approximate surface area is 208 Å². The molecule has 9 heteroatoms. The van der Waals surface area contributed by atoms with Crippen LogP contribution >= 0.6 is 11.3 Å². The van der Waals surface area contributed by atoms with Crippen molar-refractivity contribution in [1.29, 1.82) is 0 Å². The Morgan fingerprint density at radius 1 is 1.29 bits per heavy atom. The zero-order chi connectivity index (χ0) is 24.6. The summed E-state index contributed by atoms with van der Waals surface area (Å²) in [6.45, 7) is 10.4. The number of tetrazole rings is 1. The van der Waals surface area contributed by atoms with Gasteiger partial charge in [0.15, 0.2) is 5.82 Å². The third kappa shape index (κ3) is 5.07. The summed E-state index contributed by atoms with van der Waals surface area (Å²) in [7, 11) is 0. The highest BCUT2D eigenvalue weighted by atomic mass is 32.1. The number of aromatic nitrogens is 5. The molecule has 1 saturated heterocycles. The second kappa shape index (κ2) is 9.64. The number of nitrogens with one attached hydrogen (secondary N) is 1. The third-order valence-electron chi connectivity index (χ3n) is 6.46. The first kappa shape index (κ1) is 23.8. The maximum absolute atomic E-state index is 13.6. The maximum Gasteiger partial charge on any atom is 0.253 e. The molecule has 1 aliphatic rings. The van der Waals surface area contributed by atoms with E-state index in [1.54, 1.807) is 11.3 Å². The number of ether oxygens (including phenoxy) is 1. The second-order valence-electron chi connectivity index (χ2n) is 10.3. The number of benzene rings is 1. The molecular formula is C26H32N6O2S. The number of thiophene rings is 1. The quantitative estimate of drug-likeness (QED) is 0.411. The molecule has 2 atom stereocenters. The average Bonchev–Trinajstić information content (AvgIpc) is 3.57. The fraction of sp³-hybridized carbons (Fsp3) is 0.462. The Balaban J connectivity index is 1.69. The number of rotatable bonds is 7. The molecule has 4 heterocycles. The minimum Gasteiger partial charge on any atom is -0.377 e. The zero-order valence-corrected chi connectivity index (χ0v) is 21.5. The van der Waals surface area contributed by atoms with E-state index >= 15 is 0 Å². The summed E-state index contributed by atoms with van der Waals surface area (Å²) in [6.07, 6.45) is 2.17. The zero-order valence-electron chi connectivity index (χ0n) is 20.7. The molecule has 4 aromatic rings. The van der Waals surface area contributed by atoms with E-state index in [-0.39, 0.29) is 17.2 Å². The van der Waals surface area contributed by atoms with E-state index in [4.69, 9.17) is 4.74 Å². The van der Waals surface area contributed by atoms with Crippen molar-refractivity contribution in [2.24, 2.45) is 0 Å². The van der Waals surface area contributed by atoms with Gasteiger partial charge in [-0.25, -0.2) is 4.68 Å². The number of nitrogens with zero attached hydrogens (tertiary/aromatic N) is 5. The molecule has 0 bridgehead atoms. The molecule has 0 aliphatic carbocycles. The second-order valence-corrected chi connectivity index (χ2v) is 11.3. The van der Waals surface area contributed by atoms with Gasteiger partial charge in [-0.3, -0.25) is 9.69 Å². The molecule has 0 spiro atoms. The predicted molar refractivity (Wildman–Crippen MR) is 138 cm³/mol. The van der Waals surface area contributed by atoms with Gasteiger partial charge in [-0.2, -0.15) is 0 Å². The molecule has 1 aliphatic heterocycles. The lowest BCUT2D eigenvalue weighted by atomic mass is 10.0. The van der Waals surface area contributed by atoms with E-state index < -0.39 is 6.04 Å². The monoisotopic (exact) mass is 492 g/mol. The van der Waals surface area contributed by atoms with E-state index in [2.05, 4.69) is 75.8 Å². The van der Waals surface area contributed by atoms with Crippen LogP contribution in [-0.2, 0) is 16.8 Å². The molecule has 0 radical (unpaired) electrons. The predicted octanol–water partition coefficient (Wildman–Crippen LogP) is 4.41. The van der Waals surface area contributed by atoms with Crippen molar-refractivity contribution in [2.75, 3.05) is 13.2 Å². The summed E-state index contributed by atoms with van der Waals surface area (Å²) in [5.41, 5.74) is 2.09. The number of hydrogen-bond donors (Lipinski definition) is 1. The molecule has 0 unspecified atom stereocenters. The lowest BCUT2D eigenvalue weighted by Gasteiger charge is -2.34. The molecule has 184 valence electrons. The van der Waals surface area contributed by atoms with Crippen LogP contribution < -0.4 is 5.56 Å². The normalized spacial score (nSPS) is 17.5. The molecule has 0 amide bonds. The Morgan fingerprint density at radius 3 is 2.86 bits per heavy atom. The summed E-state index contributed by atoms with van der Waals surface area (Å²) < 4.78 is 7.88. The van der Waals surface area contributed by atoms with Crippen molar-refractivity contribution in [2.45, 2.75) is 64.8 Å². The molecule has 1 N–H and O–H groups in total. The minimum absolute atomic E-state index is 0.110. The summed E-state index contributed by atoms with van der Waals surface area (Å²) in [5.74, 6) is 0.656. The highest BCUT2D eigenvalue weighted by Gasteiger charge is 2.35. The third-order valence-corrected chi connectivity index (χ3v) is 7.33. The Bertz CT molecular complexity index is 1350. The molecule has 1 aromatic carbocycles. The van der Waals surface area contributed by atoms with Gasteiger partial charge in [0.1, 0.15) is 6.04 Å². The first-order valence-electron chi connectivity index (χ1n) is 12.1. The Hall–Kier alpha value is -2.88. The van der Waals surface area contributed by atoms with Crippen LogP contribution in [0, 0.1) is 6.92 Å². The lowest BCUT2D eigenvalue weighted by Crippen LogP contribution is -2.40. The molecule has 8 nitrogen and oxygen atoms in total. The number of aromatic amines is 1. The molecule has 3 aromatic heterocycles. The van der Waals surface area contributed by atoms with Gasteiger partial charge in [0, 0.05) is 35.7 Å². The number of pyridine rings is 1. The van der Waals surface area contributed by atoms with E-state index in [1.165, 1.54) is 4.88 Å². The minimum atomic E-state index is -0.440. The van der Waals surface area contributed by atoms with Crippen molar-refractivity contribution in [3.8, 4) is 0 Å². The lowest BCUT2D eigenvalue weighted by molar-refractivity contribution is 0.0569. The van der Waals surface area contributed by atoms with Crippen LogP contribution in [0.2, 0.25) is 0 Å². The SMILES string of the molecule is Cc1ccc2cc([C@@H](c3nnnn3C(C)(C)C)N(Cc3cccs3)C[C@@H]3CCCO3)c(=O)[nH]c2c1. The maximum atomic E-state index is 13.6. The fourth-order valence-corrected chi connectivity index (χ4v) is 5.52. The standard InChI is InChI=1S/C26H32N6O2S/c1-17-9-10-18-14-21(25(33)27-22(18)13-17)23(24-28-29-30-32(24)26(2,3)4)31(15-19-7-5-11-34-19)16-20-8-6-12-35-20/h6,8-10,12-14,19,23H,5,7,11,15-16H2,1-4H3,(H,27,33)/t19-,23-/m0/s1. The highest BCUT2D eigenvalue weighted by molar-refractivity contribution is 7.09. The van der Waals surface area contributed by atoms with E-state index in [0.29, 0.717) is 24.5 Å². The number of hydrogen-bond acceptors (Lipinski definition) is 7. The van der Waals surface area contributed by atoms with Crippen LogP contribution in [0.15, 0.2) is 46.6 Å². The van der Waals surface area contributed by atoms with Gasteiger partial charge in [-0.15, -0.1) is 16.4 Å². The summed E-state index contributed by atoms with van der Waals surface area (Å²) in [5, 5.41) is 15.9. The molecule has 1 fully saturated rings. The molecular weight excluding hydrogens is 460 g/mol. The van der Waals surface area contributed by atoms with Crippen molar-refractivity contribution in [3.05, 3.63) is 74.0 Å². The van der Waals surface area contributed by atoms with Gasteiger partial charge in [0.25, 0.3) is 5.56 Å². The van der Waals surface area contributed by atoms with E-state index in [1.807, 2.05) is 23.7 Å². The van der Waals surface area contributed by atoms with Gasteiger partial charge in [0.05, 0.1) is 11.6 Å². The van der Waals surface area contributed by atoms with Crippen LogP contribution in [0.5, 0.6) is 0 Å².